The van der Waals surface area contributed by atoms with Gasteiger partial charge >= 0.3 is 129 Å². The van der Waals surface area contributed by atoms with Crippen LogP contribution in [0.3, 0.4) is 0 Å². The van der Waals surface area contributed by atoms with Gasteiger partial charge in [-0.3, -0.25) is 0 Å². The Morgan fingerprint density at radius 1 is 1.32 bits per heavy atom. The number of rotatable bonds is 7. The summed E-state index contributed by atoms with van der Waals surface area (Å²) in [5, 5.41) is 0. The molecule has 2 rings (SSSR count). The first-order chi connectivity index (χ1) is 10.6. The molecule has 0 radical (unpaired) electrons. The number of ketones is 1. The van der Waals surface area contributed by atoms with Gasteiger partial charge in [0.15, 0.2) is 0 Å². The van der Waals surface area contributed by atoms with Crippen LogP contribution in [-0.4, -0.2) is 60.2 Å². The number of ether oxygens (including phenoxy) is 1. The van der Waals surface area contributed by atoms with E-state index >= 15 is 0 Å². The molecule has 0 aromatic heterocycles. The van der Waals surface area contributed by atoms with E-state index in [4.69, 9.17) is 4.74 Å². The van der Waals surface area contributed by atoms with E-state index in [9.17, 15) is 9.59 Å². The van der Waals surface area contributed by atoms with Crippen molar-refractivity contribution in [2.75, 3.05) is 26.8 Å². The third-order valence-corrected chi connectivity index (χ3v) is 5.09. The average Bonchev–Trinajstić information content (AvgIpc) is 2.97. The van der Waals surface area contributed by atoms with Gasteiger partial charge in [-0.2, -0.15) is 0 Å². The number of benzene rings is 1. The molecule has 1 fully saturated rings. The molecule has 1 aliphatic rings. The van der Waals surface area contributed by atoms with E-state index in [2.05, 4.69) is 0 Å². The molecule has 0 bridgehead atoms. The molecule has 0 saturated carbocycles. The summed E-state index contributed by atoms with van der Waals surface area (Å²) in [5.41, 5.74) is 1.27. The van der Waals surface area contributed by atoms with Gasteiger partial charge in [0.1, 0.15) is 0 Å². The van der Waals surface area contributed by atoms with Gasteiger partial charge in [-0.05, 0) is 0 Å². The Labute approximate surface area is 140 Å². The van der Waals surface area contributed by atoms with Crippen molar-refractivity contribution >= 4 is 28.5 Å². The molecule has 4 nitrogen and oxygen atoms in total. The molecule has 1 saturated heterocycles. The van der Waals surface area contributed by atoms with E-state index in [0.29, 0.717) is 28.9 Å². The van der Waals surface area contributed by atoms with E-state index in [1.54, 1.807) is 48.2 Å². The third-order valence-electron chi connectivity index (χ3n) is 3.95. The van der Waals surface area contributed by atoms with Crippen molar-refractivity contribution in [2.45, 2.75) is 30.4 Å². The first-order valence-electron chi connectivity index (χ1n) is 7.79. The second-order valence-corrected chi connectivity index (χ2v) is 7.73. The molecule has 120 valence electrons. The van der Waals surface area contributed by atoms with Crippen molar-refractivity contribution in [3.05, 3.63) is 35.4 Å². The van der Waals surface area contributed by atoms with Gasteiger partial charge < -0.3 is 4.74 Å². The Morgan fingerprint density at radius 2 is 2.09 bits per heavy atom. The number of hydrogen-bond acceptors (Lipinski definition) is 3. The fourth-order valence-electron chi connectivity index (χ4n) is 2.66. The number of hydrogen-bond donors (Lipinski definition) is 0. The first-order valence-corrected chi connectivity index (χ1v) is 9.18. The summed E-state index contributed by atoms with van der Waals surface area (Å²) in [5.74, 6) is 0.151. The Hall–Kier alpha value is -1.12. The second kappa shape index (κ2) is 8.50. The number of carbonyl (C=O) groups excluding carboxylic acids is 2. The van der Waals surface area contributed by atoms with E-state index in [0.717, 1.165) is 32.4 Å². The van der Waals surface area contributed by atoms with Gasteiger partial charge in [-0.15, -0.1) is 0 Å². The van der Waals surface area contributed by atoms with E-state index in [-0.39, 0.29) is 11.7 Å². The molecule has 0 spiro atoms. The standard InChI is InChI=1S/C17H24AsNO3/c1-22-10-3-2-7-16(20)13-5-4-6-14(11-13)17(21)19-9-8-15(18)12-19/h4-6,11,15H,2-3,7-10,12,18H2,1H3. The zero-order valence-corrected chi connectivity index (χ0v) is 15.5. The number of nitrogens with zero attached hydrogens (tertiary/aromatic N) is 1. The fraction of sp³-hybridized carbons (Fsp3) is 0.529. The van der Waals surface area contributed by atoms with Crippen molar-refractivity contribution in [3.8, 4) is 0 Å². The molecular weight excluding hydrogens is 341 g/mol. The number of Topliss-reactive ketones (excluding diaryl/α,β-unsaturated/α-hetero) is 1. The Balaban J connectivity index is 1.97. The van der Waals surface area contributed by atoms with Crippen LogP contribution in [0.2, 0.25) is 4.71 Å². The summed E-state index contributed by atoms with van der Waals surface area (Å²) in [6, 6.07) is 7.15. The minimum atomic E-state index is 0.0502. The molecule has 1 aromatic carbocycles. The summed E-state index contributed by atoms with van der Waals surface area (Å²) < 4.78 is 5.61. The quantitative estimate of drug-likeness (QED) is 0.422. The van der Waals surface area contributed by atoms with E-state index in [1.807, 2.05) is 4.90 Å². The van der Waals surface area contributed by atoms with Crippen LogP contribution in [0.5, 0.6) is 0 Å². The average molecular weight is 365 g/mol. The van der Waals surface area contributed by atoms with Crippen molar-refractivity contribution in [1.82, 2.24) is 4.90 Å². The summed E-state index contributed by atoms with van der Waals surface area (Å²) in [4.78, 5) is 26.6. The molecule has 5 heteroatoms. The zero-order valence-electron chi connectivity index (χ0n) is 13.1. The predicted octanol–water partition coefficient (Wildman–Crippen LogP) is 1.95. The molecule has 1 aromatic rings. The maximum absolute atomic E-state index is 12.5. The van der Waals surface area contributed by atoms with E-state index in [1.165, 1.54) is 0 Å². The summed E-state index contributed by atoms with van der Waals surface area (Å²) in [6.45, 7) is 2.35. The van der Waals surface area contributed by atoms with Gasteiger partial charge in [-0.1, -0.05) is 0 Å². The summed E-state index contributed by atoms with van der Waals surface area (Å²) >= 11 is 1.70. The predicted molar refractivity (Wildman–Crippen MR) is 89.3 cm³/mol. The van der Waals surface area contributed by atoms with Crippen molar-refractivity contribution < 1.29 is 14.3 Å². The molecule has 1 amide bonds. The first kappa shape index (κ1) is 17.2. The molecule has 2 atom stereocenters. The van der Waals surface area contributed by atoms with Gasteiger partial charge in [0.2, 0.25) is 0 Å². The molecule has 1 aliphatic heterocycles. The Kier molecular flexibility index (Phi) is 6.66. The number of likely N-dealkylation sites (tertiary alicyclic amines) is 1. The van der Waals surface area contributed by atoms with Crippen LogP contribution in [0.4, 0.5) is 0 Å². The van der Waals surface area contributed by atoms with Crippen LogP contribution in [0.1, 0.15) is 46.4 Å². The van der Waals surface area contributed by atoms with Crippen LogP contribution < -0.4 is 0 Å². The molecule has 0 N–H and O–H groups in total. The zero-order chi connectivity index (χ0) is 15.9. The van der Waals surface area contributed by atoms with Crippen LogP contribution >= 0.6 is 0 Å². The number of carbonyl (C=O) groups is 2. The van der Waals surface area contributed by atoms with Gasteiger partial charge in [0.25, 0.3) is 0 Å². The van der Waals surface area contributed by atoms with Crippen molar-refractivity contribution in [1.29, 1.82) is 0 Å². The SMILES string of the molecule is COCCCCC(=O)c1cccc(C(=O)N2CCC([AsH2])C2)c1. The second-order valence-electron chi connectivity index (χ2n) is 5.75. The normalized spacial score (nSPS) is 17.7. The minimum absolute atomic E-state index is 0.0502. The monoisotopic (exact) mass is 365 g/mol. The van der Waals surface area contributed by atoms with Crippen molar-refractivity contribution in [3.63, 3.8) is 0 Å². The van der Waals surface area contributed by atoms with E-state index < -0.39 is 0 Å². The number of amides is 1. The topological polar surface area (TPSA) is 46.6 Å². The number of unbranched alkanes of at least 4 members (excludes halogenated alkanes) is 1. The van der Waals surface area contributed by atoms with Gasteiger partial charge in [0.05, 0.1) is 0 Å². The van der Waals surface area contributed by atoms with Crippen LogP contribution in [0, 0.1) is 0 Å². The van der Waals surface area contributed by atoms with Gasteiger partial charge in [0, 0.05) is 7.11 Å². The third kappa shape index (κ3) is 4.69. The van der Waals surface area contributed by atoms with Crippen LogP contribution in [0.15, 0.2) is 24.3 Å². The molecule has 0 aliphatic carbocycles. The molecule has 22 heavy (non-hydrogen) atoms. The fourth-order valence-corrected chi connectivity index (χ4v) is 3.50. The Morgan fingerprint density at radius 3 is 2.77 bits per heavy atom. The molecular formula is C17H24AsNO3. The van der Waals surface area contributed by atoms with Crippen LogP contribution in [0.25, 0.3) is 0 Å². The van der Waals surface area contributed by atoms with Crippen molar-refractivity contribution in [2.24, 2.45) is 0 Å². The Bertz CT molecular complexity index is 532. The summed E-state index contributed by atoms with van der Waals surface area (Å²) in [7, 11) is 1.66. The maximum atomic E-state index is 12.5. The van der Waals surface area contributed by atoms with Crippen LogP contribution in [-0.2, 0) is 4.74 Å². The van der Waals surface area contributed by atoms with Gasteiger partial charge in [-0.25, -0.2) is 0 Å². The molecule has 1 heterocycles. The summed E-state index contributed by atoms with van der Waals surface area (Å²) in [6.07, 6.45) is 3.29. The molecule has 2 unspecified atom stereocenters. The number of methoxy groups -OCH3 is 1.